The van der Waals surface area contributed by atoms with E-state index in [1.54, 1.807) is 4.90 Å². The lowest BCUT2D eigenvalue weighted by Crippen LogP contribution is -2.51. The highest BCUT2D eigenvalue weighted by Crippen LogP contribution is 2.19. The summed E-state index contributed by atoms with van der Waals surface area (Å²) in [6.07, 6.45) is 1.45. The van der Waals surface area contributed by atoms with Crippen LogP contribution in [0.3, 0.4) is 0 Å². The first-order valence-corrected chi connectivity index (χ1v) is 8.74. The van der Waals surface area contributed by atoms with Gasteiger partial charge >= 0.3 is 12.0 Å². The maximum Gasteiger partial charge on any atom is 0.323 e. The molecular weight excluding hydrogens is 310 g/mol. The Morgan fingerprint density at radius 1 is 1.21 bits per heavy atom. The number of carboxylic acids is 1. The molecule has 0 aromatic heterocycles. The van der Waals surface area contributed by atoms with Crippen LogP contribution in [0.15, 0.2) is 0 Å². The molecule has 0 spiro atoms. The zero-order valence-electron chi connectivity index (χ0n) is 15.2. The first-order valence-electron chi connectivity index (χ1n) is 8.74. The van der Waals surface area contributed by atoms with E-state index in [0.29, 0.717) is 38.5 Å². The topological polar surface area (TPSA) is 90.0 Å². The molecule has 0 aliphatic carbocycles. The molecule has 7 nitrogen and oxygen atoms in total. The number of nitrogens with zero attached hydrogens (tertiary/aromatic N) is 2. The molecule has 7 heteroatoms. The van der Waals surface area contributed by atoms with Gasteiger partial charge in [0.1, 0.15) is 6.54 Å². The molecule has 1 aliphatic rings. The van der Waals surface area contributed by atoms with Crippen LogP contribution < -0.4 is 5.32 Å². The third kappa shape index (κ3) is 6.76. The Morgan fingerprint density at radius 3 is 2.42 bits per heavy atom. The lowest BCUT2D eigenvalue weighted by molar-refractivity contribution is -0.147. The average Bonchev–Trinajstić information content (AvgIpc) is 2.50. The lowest BCUT2D eigenvalue weighted by Gasteiger charge is -2.35. The molecule has 0 aromatic carbocycles. The van der Waals surface area contributed by atoms with Gasteiger partial charge in [-0.15, -0.1) is 0 Å². The fourth-order valence-electron chi connectivity index (χ4n) is 2.86. The van der Waals surface area contributed by atoms with Crippen molar-refractivity contribution in [2.24, 2.45) is 17.8 Å². The number of nitrogens with one attached hydrogen (secondary N) is 1. The van der Waals surface area contributed by atoms with Crippen molar-refractivity contribution in [3.05, 3.63) is 0 Å². The van der Waals surface area contributed by atoms with Crippen LogP contribution in [0.1, 0.15) is 40.5 Å². The van der Waals surface area contributed by atoms with Crippen molar-refractivity contribution in [2.45, 2.75) is 40.5 Å². The van der Waals surface area contributed by atoms with Crippen LogP contribution in [0, 0.1) is 17.8 Å². The largest absolute Gasteiger partial charge is 0.480 e. The highest BCUT2D eigenvalue weighted by atomic mass is 16.4. The van der Waals surface area contributed by atoms with E-state index in [-0.39, 0.29) is 30.3 Å². The molecule has 24 heavy (non-hydrogen) atoms. The Morgan fingerprint density at radius 2 is 1.88 bits per heavy atom. The van der Waals surface area contributed by atoms with E-state index in [1.807, 2.05) is 27.7 Å². The van der Waals surface area contributed by atoms with E-state index in [9.17, 15) is 14.4 Å². The maximum atomic E-state index is 12.7. The van der Waals surface area contributed by atoms with Gasteiger partial charge in [0.25, 0.3) is 0 Å². The minimum atomic E-state index is -1.01. The lowest BCUT2D eigenvalue weighted by atomic mass is 9.96. The van der Waals surface area contributed by atoms with E-state index in [2.05, 4.69) is 5.32 Å². The number of carboxylic acid groups (broad SMARTS) is 1. The predicted octanol–water partition coefficient (Wildman–Crippen LogP) is 1.63. The summed E-state index contributed by atoms with van der Waals surface area (Å²) >= 11 is 0. The Balaban J connectivity index is 2.67. The Hall–Kier alpha value is -1.79. The maximum absolute atomic E-state index is 12.7. The molecule has 3 amide bonds. The molecule has 1 saturated heterocycles. The molecule has 0 bridgehead atoms. The highest BCUT2D eigenvalue weighted by Gasteiger charge is 2.32. The number of amides is 3. The third-order valence-corrected chi connectivity index (χ3v) is 3.94. The predicted molar refractivity (Wildman–Crippen MR) is 91.6 cm³/mol. The highest BCUT2D eigenvalue weighted by molar-refractivity contribution is 5.84. The van der Waals surface area contributed by atoms with Crippen LogP contribution in [0.5, 0.6) is 0 Å². The van der Waals surface area contributed by atoms with Gasteiger partial charge in [0.15, 0.2) is 0 Å². The van der Waals surface area contributed by atoms with E-state index in [0.717, 1.165) is 6.42 Å². The molecule has 0 saturated carbocycles. The van der Waals surface area contributed by atoms with Crippen molar-refractivity contribution in [2.75, 3.05) is 32.7 Å². The molecule has 1 aliphatic heterocycles. The average molecular weight is 341 g/mol. The summed E-state index contributed by atoms with van der Waals surface area (Å²) < 4.78 is 0. The van der Waals surface area contributed by atoms with Gasteiger partial charge < -0.3 is 20.2 Å². The number of likely N-dealkylation sites (tertiary alicyclic amines) is 1. The Bertz CT molecular complexity index is 451. The molecule has 138 valence electrons. The molecule has 1 heterocycles. The summed E-state index contributed by atoms with van der Waals surface area (Å²) in [5.74, 6) is -0.920. The van der Waals surface area contributed by atoms with Crippen LogP contribution in [0.2, 0.25) is 0 Å². The summed E-state index contributed by atoms with van der Waals surface area (Å²) in [6, 6.07) is -0.144. The van der Waals surface area contributed by atoms with E-state index < -0.39 is 5.97 Å². The van der Waals surface area contributed by atoms with E-state index in [1.165, 1.54) is 4.90 Å². The minimum absolute atomic E-state index is 0.144. The van der Waals surface area contributed by atoms with Crippen LogP contribution >= 0.6 is 0 Å². The van der Waals surface area contributed by atoms with Crippen molar-refractivity contribution in [3.63, 3.8) is 0 Å². The number of carbonyl (C=O) groups is 3. The number of urea groups is 1. The van der Waals surface area contributed by atoms with Gasteiger partial charge in [-0.3, -0.25) is 9.59 Å². The monoisotopic (exact) mass is 341 g/mol. The molecule has 0 radical (unpaired) electrons. The standard InChI is InChI=1S/C17H31N3O4/c1-12(2)8-18-17(24)19-7-5-6-14(10-19)16(23)20(9-13(3)4)11-15(21)22/h12-14H,5-11H2,1-4H3,(H,18,24)(H,21,22). The van der Waals surface area contributed by atoms with Crippen molar-refractivity contribution < 1.29 is 19.5 Å². The van der Waals surface area contributed by atoms with E-state index in [4.69, 9.17) is 5.11 Å². The summed E-state index contributed by atoms with van der Waals surface area (Å²) in [5.41, 5.74) is 0. The van der Waals surface area contributed by atoms with Crippen LogP contribution in [0.4, 0.5) is 4.79 Å². The number of piperidine rings is 1. The summed E-state index contributed by atoms with van der Waals surface area (Å²) in [7, 11) is 0. The molecule has 1 atom stereocenters. The summed E-state index contributed by atoms with van der Waals surface area (Å²) in [6.45, 7) is 9.69. The second-order valence-corrected chi connectivity index (χ2v) is 7.37. The fourth-order valence-corrected chi connectivity index (χ4v) is 2.86. The SMILES string of the molecule is CC(C)CNC(=O)N1CCCC(C(=O)N(CC(=O)O)CC(C)C)C1. The second-order valence-electron chi connectivity index (χ2n) is 7.37. The van der Waals surface area contributed by atoms with Crippen LogP contribution in [-0.2, 0) is 9.59 Å². The smallest absolute Gasteiger partial charge is 0.323 e. The van der Waals surface area contributed by atoms with Crippen molar-refractivity contribution in [3.8, 4) is 0 Å². The Kier molecular flexibility index (Phi) is 8.01. The van der Waals surface area contributed by atoms with Gasteiger partial charge in [-0.25, -0.2) is 4.79 Å². The number of rotatable bonds is 7. The normalized spacial score (nSPS) is 17.9. The molecule has 0 aromatic rings. The third-order valence-electron chi connectivity index (χ3n) is 3.94. The van der Waals surface area contributed by atoms with Crippen LogP contribution in [0.25, 0.3) is 0 Å². The van der Waals surface area contributed by atoms with Gasteiger partial charge in [0.2, 0.25) is 5.91 Å². The molecule has 1 fully saturated rings. The van der Waals surface area contributed by atoms with Gasteiger partial charge in [-0.1, -0.05) is 27.7 Å². The molecule has 1 unspecified atom stereocenters. The number of hydrogen-bond donors (Lipinski definition) is 2. The number of aliphatic carboxylic acids is 1. The summed E-state index contributed by atoms with van der Waals surface area (Å²) in [5, 5.41) is 11.9. The zero-order chi connectivity index (χ0) is 18.3. The van der Waals surface area contributed by atoms with Crippen LogP contribution in [-0.4, -0.2) is 65.5 Å². The first kappa shape index (κ1) is 20.3. The van der Waals surface area contributed by atoms with Gasteiger partial charge in [-0.05, 0) is 24.7 Å². The first-order chi connectivity index (χ1) is 11.2. The van der Waals surface area contributed by atoms with Gasteiger partial charge in [-0.2, -0.15) is 0 Å². The van der Waals surface area contributed by atoms with E-state index >= 15 is 0 Å². The quantitative estimate of drug-likeness (QED) is 0.736. The van der Waals surface area contributed by atoms with Gasteiger partial charge in [0.05, 0.1) is 5.92 Å². The van der Waals surface area contributed by atoms with Crippen molar-refractivity contribution in [1.29, 1.82) is 0 Å². The fraction of sp³-hybridized carbons (Fsp3) is 0.824. The molecule has 1 rings (SSSR count). The Labute approximate surface area is 144 Å². The molecular formula is C17H31N3O4. The minimum Gasteiger partial charge on any atom is -0.480 e. The summed E-state index contributed by atoms with van der Waals surface area (Å²) in [4.78, 5) is 39.0. The van der Waals surface area contributed by atoms with Gasteiger partial charge in [0, 0.05) is 26.2 Å². The number of carbonyl (C=O) groups excluding carboxylic acids is 2. The zero-order valence-corrected chi connectivity index (χ0v) is 15.2. The van der Waals surface area contributed by atoms with Crippen molar-refractivity contribution >= 4 is 17.9 Å². The second kappa shape index (κ2) is 9.49. The molecule has 2 N–H and O–H groups in total. The van der Waals surface area contributed by atoms with Crippen molar-refractivity contribution in [1.82, 2.24) is 15.1 Å². The number of hydrogen-bond acceptors (Lipinski definition) is 3.